The zero-order chi connectivity index (χ0) is 27.0. The SMILES string of the molecule is COc1cccc(-n2c(SCC(=O)c3ccc(Br)cc3)nc3c(c2=O)C2(CCCCC2)Cc2ccccc2-3)c1. The van der Waals surface area contributed by atoms with Crippen molar-refractivity contribution >= 4 is 33.5 Å². The Morgan fingerprint density at radius 1 is 1.03 bits per heavy atom. The van der Waals surface area contributed by atoms with Crippen LogP contribution in [0.3, 0.4) is 0 Å². The normalized spacial score (nSPS) is 15.4. The number of methoxy groups -OCH3 is 1. The lowest BCUT2D eigenvalue weighted by atomic mass is 9.62. The Morgan fingerprint density at radius 3 is 2.56 bits per heavy atom. The number of ketones is 1. The van der Waals surface area contributed by atoms with Crippen LogP contribution < -0.4 is 10.3 Å². The first-order valence-electron chi connectivity index (χ1n) is 13.3. The number of carbonyl (C=O) groups excluding carboxylic acids is 1. The maximum Gasteiger partial charge on any atom is 0.263 e. The zero-order valence-electron chi connectivity index (χ0n) is 21.8. The van der Waals surface area contributed by atoms with Crippen LogP contribution in [0, 0.1) is 0 Å². The van der Waals surface area contributed by atoms with Gasteiger partial charge in [-0.2, -0.15) is 0 Å². The van der Waals surface area contributed by atoms with Crippen molar-refractivity contribution < 1.29 is 9.53 Å². The summed E-state index contributed by atoms with van der Waals surface area (Å²) in [5, 5.41) is 0.514. The van der Waals surface area contributed by atoms with Crippen LogP contribution in [0.5, 0.6) is 5.75 Å². The summed E-state index contributed by atoms with van der Waals surface area (Å²) in [6, 6.07) is 23.2. The molecule has 0 amide bonds. The topological polar surface area (TPSA) is 61.2 Å². The van der Waals surface area contributed by atoms with Gasteiger partial charge in [-0.1, -0.05) is 89.4 Å². The number of hydrogen-bond donors (Lipinski definition) is 0. The summed E-state index contributed by atoms with van der Waals surface area (Å²) in [4.78, 5) is 33.0. The molecule has 1 aromatic heterocycles. The number of fused-ring (bicyclic) bond motifs is 4. The average molecular weight is 602 g/mol. The van der Waals surface area contributed by atoms with Gasteiger partial charge in [0.15, 0.2) is 10.9 Å². The van der Waals surface area contributed by atoms with Crippen LogP contribution in [0.1, 0.15) is 53.6 Å². The standard InChI is InChI=1S/C32H29BrN2O3S/c1-38-25-10-7-9-24(18-25)35-30(37)28-29(34-31(35)39-20-27(36)21-12-14-23(33)15-13-21)26-11-4-3-8-22(26)19-32(28)16-5-2-6-17-32/h3-4,7-15,18H,2,5-6,16-17,19-20H2,1H3. The first-order valence-corrected chi connectivity index (χ1v) is 15.1. The van der Waals surface area contributed by atoms with Gasteiger partial charge in [0.05, 0.1) is 29.8 Å². The van der Waals surface area contributed by atoms with Gasteiger partial charge in [0.2, 0.25) is 0 Å². The number of rotatable bonds is 6. The fraction of sp³-hybridized carbons (Fsp3) is 0.281. The molecule has 0 bridgehead atoms. The van der Waals surface area contributed by atoms with Gasteiger partial charge >= 0.3 is 0 Å². The fourth-order valence-electron chi connectivity index (χ4n) is 6.11. The van der Waals surface area contributed by atoms with E-state index in [1.54, 1.807) is 11.7 Å². The minimum absolute atomic E-state index is 0.0131. The van der Waals surface area contributed by atoms with E-state index in [9.17, 15) is 9.59 Å². The van der Waals surface area contributed by atoms with Crippen molar-refractivity contribution in [2.24, 2.45) is 0 Å². The van der Waals surface area contributed by atoms with E-state index in [0.29, 0.717) is 22.2 Å². The number of Topliss-reactive ketones (excluding diaryl/α,β-unsaturated/α-hetero) is 1. The second kappa shape index (κ2) is 10.8. The quantitative estimate of drug-likeness (QED) is 0.131. The third-order valence-electron chi connectivity index (χ3n) is 8.00. The molecule has 1 saturated carbocycles. The molecule has 0 saturated heterocycles. The van der Waals surface area contributed by atoms with Crippen LogP contribution >= 0.6 is 27.7 Å². The molecule has 2 aliphatic rings. The zero-order valence-corrected chi connectivity index (χ0v) is 24.2. The Labute approximate surface area is 240 Å². The molecule has 2 aliphatic carbocycles. The van der Waals surface area contributed by atoms with Crippen molar-refractivity contribution in [3.63, 3.8) is 0 Å². The fourth-order valence-corrected chi connectivity index (χ4v) is 7.28. The molecule has 1 spiro atoms. The van der Waals surface area contributed by atoms with Gasteiger partial charge in [0.1, 0.15) is 5.75 Å². The Hall–Kier alpha value is -3.16. The van der Waals surface area contributed by atoms with E-state index >= 15 is 0 Å². The maximum absolute atomic E-state index is 14.6. The lowest BCUT2D eigenvalue weighted by molar-refractivity contribution is 0.102. The van der Waals surface area contributed by atoms with Gasteiger partial charge in [-0.25, -0.2) is 4.98 Å². The lowest BCUT2D eigenvalue weighted by Crippen LogP contribution is -2.42. The van der Waals surface area contributed by atoms with Crippen molar-refractivity contribution in [1.82, 2.24) is 9.55 Å². The number of ether oxygens (including phenoxy) is 1. The Balaban J connectivity index is 1.53. The molecule has 198 valence electrons. The highest BCUT2D eigenvalue weighted by Crippen LogP contribution is 2.49. The summed E-state index contributed by atoms with van der Waals surface area (Å²) < 4.78 is 8.11. The molecular weight excluding hydrogens is 572 g/mol. The van der Waals surface area contributed by atoms with Gasteiger partial charge < -0.3 is 4.74 Å². The first-order chi connectivity index (χ1) is 19.0. The number of benzene rings is 3. The van der Waals surface area contributed by atoms with Gasteiger partial charge in [-0.05, 0) is 49.1 Å². The van der Waals surface area contributed by atoms with E-state index in [0.717, 1.165) is 53.4 Å². The van der Waals surface area contributed by atoms with Crippen molar-refractivity contribution in [1.29, 1.82) is 0 Å². The summed E-state index contributed by atoms with van der Waals surface area (Å²) in [6.07, 6.45) is 6.24. The molecule has 0 unspecified atom stereocenters. The second-order valence-corrected chi connectivity index (χ2v) is 12.2. The summed E-state index contributed by atoms with van der Waals surface area (Å²) in [5.41, 5.74) is 4.95. The van der Waals surface area contributed by atoms with Crippen LogP contribution in [0.4, 0.5) is 0 Å². The third-order valence-corrected chi connectivity index (χ3v) is 9.47. The predicted molar refractivity (Wildman–Crippen MR) is 159 cm³/mol. The van der Waals surface area contributed by atoms with Crippen molar-refractivity contribution in [2.45, 2.75) is 49.1 Å². The van der Waals surface area contributed by atoms with Crippen LogP contribution in [0.2, 0.25) is 0 Å². The summed E-state index contributed by atoms with van der Waals surface area (Å²) in [6.45, 7) is 0. The molecule has 0 aliphatic heterocycles. The van der Waals surface area contributed by atoms with Gasteiger partial charge in [-0.15, -0.1) is 0 Å². The molecular formula is C32H29BrN2O3S. The van der Waals surface area contributed by atoms with E-state index in [4.69, 9.17) is 9.72 Å². The van der Waals surface area contributed by atoms with Crippen molar-refractivity contribution in [3.8, 4) is 22.7 Å². The minimum atomic E-state index is -0.219. The number of nitrogens with zero attached hydrogens (tertiary/aromatic N) is 2. The molecule has 1 heterocycles. The Morgan fingerprint density at radius 2 is 1.79 bits per heavy atom. The summed E-state index contributed by atoms with van der Waals surface area (Å²) in [5.74, 6) is 0.821. The molecule has 0 radical (unpaired) electrons. The van der Waals surface area contributed by atoms with Gasteiger partial charge in [0, 0.05) is 27.1 Å². The van der Waals surface area contributed by atoms with E-state index < -0.39 is 0 Å². The second-order valence-electron chi connectivity index (χ2n) is 10.4. The lowest BCUT2D eigenvalue weighted by Gasteiger charge is -2.42. The predicted octanol–water partition coefficient (Wildman–Crippen LogP) is 7.40. The van der Waals surface area contributed by atoms with Crippen LogP contribution in [-0.4, -0.2) is 28.2 Å². The Bertz CT molecular complexity index is 1610. The van der Waals surface area contributed by atoms with E-state index in [1.165, 1.54) is 23.7 Å². The van der Waals surface area contributed by atoms with E-state index in [1.807, 2.05) is 54.6 Å². The van der Waals surface area contributed by atoms with Crippen LogP contribution in [-0.2, 0) is 11.8 Å². The van der Waals surface area contributed by atoms with Crippen molar-refractivity contribution in [2.75, 3.05) is 12.9 Å². The molecule has 0 N–H and O–H groups in total. The van der Waals surface area contributed by atoms with Crippen molar-refractivity contribution in [3.05, 3.63) is 104 Å². The first kappa shape index (κ1) is 26.1. The number of thioether (sulfide) groups is 1. The highest BCUT2D eigenvalue weighted by atomic mass is 79.9. The summed E-state index contributed by atoms with van der Waals surface area (Å²) >= 11 is 4.74. The smallest absolute Gasteiger partial charge is 0.263 e. The summed E-state index contributed by atoms with van der Waals surface area (Å²) in [7, 11) is 1.62. The molecule has 1 fully saturated rings. The highest BCUT2D eigenvalue weighted by molar-refractivity contribution is 9.10. The molecule has 7 heteroatoms. The molecule has 39 heavy (non-hydrogen) atoms. The van der Waals surface area contributed by atoms with Gasteiger partial charge in [0.25, 0.3) is 5.56 Å². The molecule has 0 atom stereocenters. The van der Waals surface area contributed by atoms with Gasteiger partial charge in [-0.3, -0.25) is 14.2 Å². The average Bonchev–Trinajstić information content (AvgIpc) is 2.96. The van der Waals surface area contributed by atoms with Crippen LogP contribution in [0.25, 0.3) is 16.9 Å². The Kier molecular flexibility index (Phi) is 7.21. The molecule has 5 nitrogen and oxygen atoms in total. The molecule has 3 aromatic carbocycles. The minimum Gasteiger partial charge on any atom is -0.497 e. The number of carbonyl (C=O) groups is 1. The number of hydrogen-bond acceptors (Lipinski definition) is 5. The van der Waals surface area contributed by atoms with Crippen LogP contribution in [0.15, 0.2) is 87.2 Å². The number of halogens is 1. The maximum atomic E-state index is 14.6. The van der Waals surface area contributed by atoms with E-state index in [-0.39, 0.29) is 22.5 Å². The monoisotopic (exact) mass is 600 g/mol. The highest BCUT2D eigenvalue weighted by Gasteiger charge is 2.43. The molecule has 6 rings (SSSR count). The number of aromatic nitrogens is 2. The molecule has 4 aromatic rings. The third kappa shape index (κ3) is 4.87. The largest absolute Gasteiger partial charge is 0.497 e. The van der Waals surface area contributed by atoms with E-state index in [2.05, 4.69) is 34.1 Å².